The number of rotatable bonds is 3. The van der Waals surface area contributed by atoms with E-state index in [2.05, 4.69) is 40.7 Å². The van der Waals surface area contributed by atoms with E-state index in [-0.39, 0.29) is 0 Å². The van der Waals surface area contributed by atoms with Crippen LogP contribution in [0.15, 0.2) is 42.6 Å². The van der Waals surface area contributed by atoms with E-state index < -0.39 is 0 Å². The Morgan fingerprint density at radius 3 is 2.79 bits per heavy atom. The maximum absolute atomic E-state index is 5.27. The maximum Gasteiger partial charge on any atom is 0.172 e. The maximum atomic E-state index is 5.27. The standard InChI is InChI=1S/C15H17N3S/c1-11-5-3-7-13(9-11)10-17-15(19)18-14-12(2)6-4-8-16-14/h3-9H,10H2,1-2H3,(H2,16,17,18,19). The van der Waals surface area contributed by atoms with E-state index in [1.807, 2.05) is 25.1 Å². The van der Waals surface area contributed by atoms with Gasteiger partial charge in [0, 0.05) is 12.7 Å². The summed E-state index contributed by atoms with van der Waals surface area (Å²) in [6.07, 6.45) is 1.75. The first-order valence-corrected chi connectivity index (χ1v) is 6.58. The Morgan fingerprint density at radius 1 is 1.21 bits per heavy atom. The third-order valence-electron chi connectivity index (χ3n) is 2.78. The number of nitrogens with zero attached hydrogens (tertiary/aromatic N) is 1. The number of pyridine rings is 1. The molecule has 2 aromatic rings. The molecule has 0 fully saturated rings. The van der Waals surface area contributed by atoms with Crippen molar-refractivity contribution in [1.29, 1.82) is 0 Å². The molecule has 0 aliphatic carbocycles. The van der Waals surface area contributed by atoms with Gasteiger partial charge in [0.25, 0.3) is 0 Å². The first kappa shape index (κ1) is 13.5. The molecule has 1 aromatic carbocycles. The Balaban J connectivity index is 1.90. The smallest absolute Gasteiger partial charge is 0.172 e. The summed E-state index contributed by atoms with van der Waals surface area (Å²) in [5, 5.41) is 6.87. The van der Waals surface area contributed by atoms with E-state index in [4.69, 9.17) is 12.2 Å². The number of anilines is 1. The SMILES string of the molecule is Cc1cccc(CNC(=S)Nc2ncccc2C)c1. The van der Waals surface area contributed by atoms with E-state index in [1.54, 1.807) is 6.20 Å². The summed E-state index contributed by atoms with van der Waals surface area (Å²) >= 11 is 5.27. The lowest BCUT2D eigenvalue weighted by Crippen LogP contribution is -2.28. The fraction of sp³-hybridized carbons (Fsp3) is 0.200. The van der Waals surface area contributed by atoms with Crippen molar-refractivity contribution in [2.45, 2.75) is 20.4 Å². The van der Waals surface area contributed by atoms with Crippen molar-refractivity contribution in [2.24, 2.45) is 0 Å². The quantitative estimate of drug-likeness (QED) is 0.841. The molecule has 0 unspecified atom stereocenters. The van der Waals surface area contributed by atoms with Crippen molar-refractivity contribution in [3.8, 4) is 0 Å². The summed E-state index contributed by atoms with van der Waals surface area (Å²) in [6.45, 7) is 4.79. The molecule has 0 saturated heterocycles. The van der Waals surface area contributed by atoms with Crippen molar-refractivity contribution in [2.75, 3.05) is 5.32 Å². The van der Waals surface area contributed by atoms with E-state index >= 15 is 0 Å². The number of benzene rings is 1. The lowest BCUT2D eigenvalue weighted by Gasteiger charge is -2.11. The Bertz CT molecular complexity index is 581. The van der Waals surface area contributed by atoms with Crippen LogP contribution in [-0.2, 0) is 6.54 Å². The van der Waals surface area contributed by atoms with Crippen LogP contribution in [0.25, 0.3) is 0 Å². The van der Waals surface area contributed by atoms with Gasteiger partial charge in [-0.1, -0.05) is 35.9 Å². The predicted octanol–water partition coefficient (Wildman–Crippen LogP) is 3.19. The van der Waals surface area contributed by atoms with Crippen molar-refractivity contribution in [3.63, 3.8) is 0 Å². The highest BCUT2D eigenvalue weighted by atomic mass is 32.1. The average Bonchev–Trinajstić information content (AvgIpc) is 2.39. The average molecular weight is 271 g/mol. The van der Waals surface area contributed by atoms with Crippen LogP contribution < -0.4 is 10.6 Å². The molecule has 0 spiro atoms. The summed E-state index contributed by atoms with van der Waals surface area (Å²) in [7, 11) is 0. The molecule has 1 aromatic heterocycles. The monoisotopic (exact) mass is 271 g/mol. The van der Waals surface area contributed by atoms with Gasteiger partial charge in [-0.2, -0.15) is 0 Å². The minimum absolute atomic E-state index is 0.586. The molecule has 0 amide bonds. The second-order valence-corrected chi connectivity index (χ2v) is 4.87. The molecule has 4 heteroatoms. The second kappa shape index (κ2) is 6.29. The lowest BCUT2D eigenvalue weighted by atomic mass is 10.1. The van der Waals surface area contributed by atoms with Crippen LogP contribution in [0.2, 0.25) is 0 Å². The van der Waals surface area contributed by atoms with E-state index in [1.165, 1.54) is 11.1 Å². The molecule has 98 valence electrons. The third-order valence-corrected chi connectivity index (χ3v) is 3.02. The molecule has 0 radical (unpaired) electrons. The van der Waals surface area contributed by atoms with Crippen molar-refractivity contribution >= 4 is 23.1 Å². The van der Waals surface area contributed by atoms with Gasteiger partial charge in [-0.15, -0.1) is 0 Å². The van der Waals surface area contributed by atoms with Gasteiger partial charge in [0.15, 0.2) is 5.11 Å². The van der Waals surface area contributed by atoms with Gasteiger partial charge in [0.1, 0.15) is 5.82 Å². The molecule has 0 atom stereocenters. The zero-order valence-corrected chi connectivity index (χ0v) is 11.9. The highest BCUT2D eigenvalue weighted by Crippen LogP contribution is 2.09. The Kier molecular flexibility index (Phi) is 4.47. The zero-order valence-electron chi connectivity index (χ0n) is 11.1. The number of nitrogens with one attached hydrogen (secondary N) is 2. The molecule has 1 heterocycles. The molecule has 0 bridgehead atoms. The van der Waals surface area contributed by atoms with Crippen molar-refractivity contribution in [1.82, 2.24) is 10.3 Å². The summed E-state index contributed by atoms with van der Waals surface area (Å²) in [5.41, 5.74) is 3.53. The largest absolute Gasteiger partial charge is 0.358 e. The second-order valence-electron chi connectivity index (χ2n) is 4.47. The molecule has 3 nitrogen and oxygen atoms in total. The fourth-order valence-electron chi connectivity index (χ4n) is 1.77. The number of hydrogen-bond donors (Lipinski definition) is 2. The van der Waals surface area contributed by atoms with Gasteiger partial charge in [0.05, 0.1) is 0 Å². The van der Waals surface area contributed by atoms with E-state index in [0.29, 0.717) is 11.7 Å². The number of aromatic nitrogens is 1. The van der Waals surface area contributed by atoms with Gasteiger partial charge in [-0.25, -0.2) is 4.98 Å². The first-order valence-electron chi connectivity index (χ1n) is 6.17. The predicted molar refractivity (Wildman–Crippen MR) is 83.2 cm³/mol. The van der Waals surface area contributed by atoms with Crippen LogP contribution in [0, 0.1) is 13.8 Å². The number of aryl methyl sites for hydroxylation is 2. The van der Waals surface area contributed by atoms with Gasteiger partial charge in [0.2, 0.25) is 0 Å². The molecule has 19 heavy (non-hydrogen) atoms. The molecule has 2 N–H and O–H groups in total. The summed E-state index contributed by atoms with van der Waals surface area (Å²) in [4.78, 5) is 4.25. The van der Waals surface area contributed by atoms with E-state index in [0.717, 1.165) is 11.4 Å². The van der Waals surface area contributed by atoms with Crippen molar-refractivity contribution < 1.29 is 0 Å². The minimum Gasteiger partial charge on any atom is -0.358 e. The summed E-state index contributed by atoms with van der Waals surface area (Å²) in [5.74, 6) is 0.796. The molecule has 2 rings (SSSR count). The Hall–Kier alpha value is -1.94. The molecular formula is C15H17N3S. The topological polar surface area (TPSA) is 37.0 Å². The fourth-order valence-corrected chi connectivity index (χ4v) is 1.94. The van der Waals surface area contributed by atoms with Crippen LogP contribution in [0.5, 0.6) is 0 Å². The Labute approximate surface area is 119 Å². The van der Waals surface area contributed by atoms with Crippen LogP contribution >= 0.6 is 12.2 Å². The molecular weight excluding hydrogens is 254 g/mol. The summed E-state index contributed by atoms with van der Waals surface area (Å²) < 4.78 is 0. The molecule has 0 aliphatic heterocycles. The summed E-state index contributed by atoms with van der Waals surface area (Å²) in [6, 6.07) is 12.3. The van der Waals surface area contributed by atoms with E-state index in [9.17, 15) is 0 Å². The van der Waals surface area contributed by atoms with Gasteiger partial charge >= 0.3 is 0 Å². The Morgan fingerprint density at radius 2 is 2.05 bits per heavy atom. The highest BCUT2D eigenvalue weighted by molar-refractivity contribution is 7.80. The normalized spacial score (nSPS) is 10.0. The third kappa shape index (κ3) is 4.03. The zero-order chi connectivity index (χ0) is 13.7. The highest BCUT2D eigenvalue weighted by Gasteiger charge is 2.01. The van der Waals surface area contributed by atoms with Crippen LogP contribution in [0.3, 0.4) is 0 Å². The number of thiocarbonyl (C=S) groups is 1. The molecule has 0 saturated carbocycles. The first-order chi connectivity index (χ1) is 9.15. The van der Waals surface area contributed by atoms with Crippen molar-refractivity contribution in [3.05, 3.63) is 59.3 Å². The van der Waals surface area contributed by atoms with Crippen LogP contribution in [0.4, 0.5) is 5.82 Å². The van der Waals surface area contributed by atoms with Crippen LogP contribution in [-0.4, -0.2) is 10.1 Å². The van der Waals surface area contributed by atoms with Gasteiger partial charge < -0.3 is 10.6 Å². The lowest BCUT2D eigenvalue weighted by molar-refractivity contribution is 0.922. The number of hydrogen-bond acceptors (Lipinski definition) is 2. The van der Waals surface area contributed by atoms with Gasteiger partial charge in [-0.05, 0) is 43.3 Å². The minimum atomic E-state index is 0.586. The van der Waals surface area contributed by atoms with Crippen LogP contribution in [0.1, 0.15) is 16.7 Å². The molecule has 0 aliphatic rings. The van der Waals surface area contributed by atoms with Gasteiger partial charge in [-0.3, -0.25) is 0 Å².